The van der Waals surface area contributed by atoms with Gasteiger partial charge in [0.1, 0.15) is 17.3 Å². The van der Waals surface area contributed by atoms with Crippen LogP contribution >= 0.6 is 11.3 Å². The Morgan fingerprint density at radius 1 is 1.44 bits per heavy atom. The number of hydrogen-bond donors (Lipinski definition) is 1. The number of nitrogens with zero attached hydrogens (tertiary/aromatic N) is 4. The van der Waals surface area contributed by atoms with E-state index in [1.165, 1.54) is 29.7 Å². The Hall–Kier alpha value is -3.29. The number of benzene rings is 1. The van der Waals surface area contributed by atoms with Crippen LogP contribution in [0.2, 0.25) is 0 Å². The van der Waals surface area contributed by atoms with Crippen LogP contribution in [0.1, 0.15) is 5.56 Å². The average Bonchev–Trinajstić information content (AvgIpc) is 3.19. The summed E-state index contributed by atoms with van der Waals surface area (Å²) >= 11 is 1.22. The highest BCUT2D eigenvalue weighted by Gasteiger charge is 2.22. The molecule has 1 aliphatic heterocycles. The number of anilines is 2. The van der Waals surface area contributed by atoms with Gasteiger partial charge in [0.2, 0.25) is 0 Å². The summed E-state index contributed by atoms with van der Waals surface area (Å²) < 4.78 is 5.28. The number of carbonyl (C=O) groups excluding carboxylic acids is 1. The van der Waals surface area contributed by atoms with Crippen molar-refractivity contribution in [2.45, 2.75) is 0 Å². The monoisotopic (exact) mass is 385 g/mol. The van der Waals surface area contributed by atoms with Gasteiger partial charge in [0.05, 0.1) is 18.1 Å². The molecule has 1 saturated heterocycles. The second kappa shape index (κ2) is 8.39. The van der Waals surface area contributed by atoms with Gasteiger partial charge in [-0.05, 0) is 17.7 Å². The smallest absolute Gasteiger partial charge is 0.293 e. The molecule has 1 fully saturated rings. The highest BCUT2D eigenvalue weighted by molar-refractivity contribution is 7.13. The first-order valence-corrected chi connectivity index (χ1v) is 8.90. The Morgan fingerprint density at radius 3 is 2.85 bits per heavy atom. The number of hydrogen-bond acceptors (Lipinski definition) is 8. The molecule has 0 unspecified atom stereocenters. The lowest BCUT2D eigenvalue weighted by Gasteiger charge is -2.28. The van der Waals surface area contributed by atoms with Crippen molar-refractivity contribution in [3.8, 4) is 6.07 Å². The van der Waals surface area contributed by atoms with Gasteiger partial charge >= 0.3 is 0 Å². The summed E-state index contributed by atoms with van der Waals surface area (Å²) in [5.41, 5.74) is 0.637. The highest BCUT2D eigenvalue weighted by atomic mass is 32.1. The zero-order valence-electron chi connectivity index (χ0n) is 14.1. The molecule has 1 N–H and O–H groups in total. The summed E-state index contributed by atoms with van der Waals surface area (Å²) in [5.74, 6) is -0.618. The minimum Gasteiger partial charge on any atom is -0.378 e. The second-order valence-electron chi connectivity index (χ2n) is 5.57. The molecular formula is C17H15N5O4S. The van der Waals surface area contributed by atoms with Crippen LogP contribution in [0.15, 0.2) is 35.3 Å². The summed E-state index contributed by atoms with van der Waals surface area (Å²) in [6.45, 7) is 2.15. The molecule has 138 valence electrons. The normalized spacial score (nSPS) is 14.5. The fraction of sp³-hybridized carbons (Fsp3) is 0.235. The maximum Gasteiger partial charge on any atom is 0.293 e. The van der Waals surface area contributed by atoms with Gasteiger partial charge in [-0.25, -0.2) is 4.98 Å². The largest absolute Gasteiger partial charge is 0.378 e. The number of nitrogens with one attached hydrogen (secondary N) is 1. The first-order chi connectivity index (χ1) is 13.1. The first-order valence-electron chi connectivity index (χ1n) is 8.02. The van der Waals surface area contributed by atoms with E-state index in [9.17, 15) is 20.2 Å². The summed E-state index contributed by atoms with van der Waals surface area (Å²) in [4.78, 5) is 29.0. The molecule has 0 atom stereocenters. The van der Waals surface area contributed by atoms with Crippen LogP contribution in [0, 0.1) is 21.4 Å². The Balaban J connectivity index is 1.87. The van der Waals surface area contributed by atoms with Gasteiger partial charge in [-0.3, -0.25) is 20.2 Å². The predicted octanol–water partition coefficient (Wildman–Crippen LogP) is 2.43. The number of nitriles is 1. The zero-order chi connectivity index (χ0) is 19.2. The number of morpholine rings is 1. The molecular weight excluding hydrogens is 370 g/mol. The van der Waals surface area contributed by atoms with Crippen molar-refractivity contribution in [3.05, 3.63) is 51.0 Å². The third-order valence-corrected chi connectivity index (χ3v) is 4.57. The van der Waals surface area contributed by atoms with E-state index in [1.807, 2.05) is 11.0 Å². The van der Waals surface area contributed by atoms with Crippen LogP contribution in [-0.4, -0.2) is 42.1 Å². The lowest BCUT2D eigenvalue weighted by Crippen LogP contribution is -2.36. The van der Waals surface area contributed by atoms with Crippen molar-refractivity contribution < 1.29 is 14.5 Å². The molecule has 1 aromatic heterocycles. The zero-order valence-corrected chi connectivity index (χ0v) is 14.9. The molecule has 2 aromatic rings. The van der Waals surface area contributed by atoms with Gasteiger partial charge < -0.3 is 9.64 Å². The van der Waals surface area contributed by atoms with Crippen LogP contribution in [0.3, 0.4) is 0 Å². The second-order valence-corrected chi connectivity index (χ2v) is 6.46. The van der Waals surface area contributed by atoms with Gasteiger partial charge in [-0.2, -0.15) is 5.26 Å². The average molecular weight is 385 g/mol. The van der Waals surface area contributed by atoms with E-state index in [-0.39, 0.29) is 11.3 Å². The summed E-state index contributed by atoms with van der Waals surface area (Å²) in [6.07, 6.45) is 2.85. The fourth-order valence-corrected chi connectivity index (χ4v) is 3.14. The lowest BCUT2D eigenvalue weighted by molar-refractivity contribution is -0.384. The van der Waals surface area contributed by atoms with Crippen molar-refractivity contribution in [1.82, 2.24) is 4.98 Å². The van der Waals surface area contributed by atoms with Gasteiger partial charge in [0, 0.05) is 30.7 Å². The van der Waals surface area contributed by atoms with Crippen LogP contribution in [-0.2, 0) is 9.53 Å². The Labute approximate surface area is 158 Å². The van der Waals surface area contributed by atoms with Crippen LogP contribution in [0.5, 0.6) is 0 Å². The summed E-state index contributed by atoms with van der Waals surface area (Å²) in [5, 5.41) is 25.3. The van der Waals surface area contributed by atoms with Crippen LogP contribution in [0.25, 0.3) is 6.08 Å². The number of thiazole rings is 1. The Morgan fingerprint density at radius 2 is 2.22 bits per heavy atom. The van der Waals surface area contributed by atoms with Crippen molar-refractivity contribution >= 4 is 39.8 Å². The first kappa shape index (κ1) is 18.5. The molecule has 10 heteroatoms. The number of aromatic nitrogens is 1. The minimum atomic E-state index is -0.618. The van der Waals surface area contributed by atoms with Gasteiger partial charge in [0.15, 0.2) is 5.13 Å². The summed E-state index contributed by atoms with van der Waals surface area (Å²) in [7, 11) is 0. The van der Waals surface area contributed by atoms with Crippen molar-refractivity contribution in [1.29, 1.82) is 5.26 Å². The number of amides is 1. The lowest BCUT2D eigenvalue weighted by atomic mass is 10.1. The summed E-state index contributed by atoms with van der Waals surface area (Å²) in [6, 6.07) is 6.45. The quantitative estimate of drug-likeness (QED) is 0.363. The number of nitro groups is 1. The molecule has 0 radical (unpaired) electrons. The van der Waals surface area contributed by atoms with Crippen molar-refractivity contribution in [3.63, 3.8) is 0 Å². The number of ether oxygens (including phenoxy) is 1. The molecule has 27 heavy (non-hydrogen) atoms. The number of carbonyl (C=O) groups is 1. The van der Waals surface area contributed by atoms with E-state index in [0.29, 0.717) is 42.7 Å². The van der Waals surface area contributed by atoms with Crippen molar-refractivity contribution in [2.24, 2.45) is 0 Å². The molecule has 1 aromatic carbocycles. The molecule has 9 nitrogen and oxygen atoms in total. The topological polar surface area (TPSA) is 121 Å². The number of nitro benzene ring substituents is 1. The Bertz CT molecular complexity index is 914. The molecule has 1 amide bonds. The Kier molecular flexibility index (Phi) is 5.75. The SMILES string of the molecule is N#CC(=Cc1ccc(N2CCOCC2)c([N+](=O)[O-])c1)C(=O)Nc1nccs1. The van der Waals surface area contributed by atoms with Crippen LogP contribution < -0.4 is 10.2 Å². The van der Waals surface area contributed by atoms with Crippen molar-refractivity contribution in [2.75, 3.05) is 36.5 Å². The van der Waals surface area contributed by atoms with E-state index in [2.05, 4.69) is 10.3 Å². The fourth-order valence-electron chi connectivity index (χ4n) is 2.61. The van der Waals surface area contributed by atoms with Gasteiger partial charge in [-0.15, -0.1) is 11.3 Å². The maximum atomic E-state index is 12.2. The molecule has 1 aliphatic rings. The van der Waals surface area contributed by atoms with Gasteiger partial charge in [0.25, 0.3) is 11.6 Å². The molecule has 0 bridgehead atoms. The maximum absolute atomic E-state index is 12.2. The van der Waals surface area contributed by atoms with E-state index < -0.39 is 10.8 Å². The molecule has 0 spiro atoms. The molecule has 3 rings (SSSR count). The van der Waals surface area contributed by atoms with Crippen LogP contribution in [0.4, 0.5) is 16.5 Å². The molecule has 0 aliphatic carbocycles. The van der Waals surface area contributed by atoms with E-state index in [4.69, 9.17) is 4.74 Å². The predicted molar refractivity (Wildman–Crippen MR) is 100 cm³/mol. The molecule has 2 heterocycles. The highest BCUT2D eigenvalue weighted by Crippen LogP contribution is 2.30. The molecule has 0 saturated carbocycles. The third kappa shape index (κ3) is 4.46. The standard InChI is InChI=1S/C17H15N5O4S/c18-11-13(16(23)20-17-19-3-8-27-17)9-12-1-2-14(15(10-12)22(24)25)21-4-6-26-7-5-21/h1-3,8-10H,4-7H2,(H,19,20,23). The third-order valence-electron chi connectivity index (χ3n) is 3.88. The minimum absolute atomic E-state index is 0.0803. The number of rotatable bonds is 5. The van der Waals surface area contributed by atoms with E-state index in [1.54, 1.807) is 17.5 Å². The van der Waals surface area contributed by atoms with Gasteiger partial charge in [-0.1, -0.05) is 6.07 Å². The van der Waals surface area contributed by atoms with E-state index in [0.717, 1.165) is 0 Å². The van der Waals surface area contributed by atoms with E-state index >= 15 is 0 Å².